The molecule has 2 nitrogen and oxygen atoms in total. The van der Waals surface area contributed by atoms with Gasteiger partial charge in [0.25, 0.3) is 0 Å². The summed E-state index contributed by atoms with van der Waals surface area (Å²) in [6.45, 7) is 11.6. The van der Waals surface area contributed by atoms with Crippen molar-refractivity contribution in [3.05, 3.63) is 12.7 Å². The van der Waals surface area contributed by atoms with Gasteiger partial charge in [-0.2, -0.15) is 0 Å². The lowest BCUT2D eigenvalue weighted by Gasteiger charge is -1.99. The molecule has 2 heteroatoms. The molecule has 0 aromatic carbocycles. The molecule has 70 valence electrons. The molecule has 0 aromatic rings. The van der Waals surface area contributed by atoms with E-state index < -0.39 is 0 Å². The number of nitrogens with one attached hydrogen (secondary N) is 1. The van der Waals surface area contributed by atoms with Crippen LogP contribution < -0.4 is 0 Å². The molecule has 1 N–H and O–H groups in total. The van der Waals surface area contributed by atoms with E-state index in [1.807, 2.05) is 13.8 Å². The van der Waals surface area contributed by atoms with Crippen LogP contribution in [0.25, 0.3) is 0 Å². The Morgan fingerprint density at radius 1 is 1.50 bits per heavy atom. The Balaban J connectivity index is 0. The van der Waals surface area contributed by atoms with E-state index in [1.54, 1.807) is 12.3 Å². The first-order valence-corrected chi connectivity index (χ1v) is 4.39. The quantitative estimate of drug-likeness (QED) is 0.496. The van der Waals surface area contributed by atoms with Crippen LogP contribution in [0.4, 0.5) is 0 Å². The highest BCUT2D eigenvalue weighted by atomic mass is 14.8. The Morgan fingerprint density at radius 2 is 2.00 bits per heavy atom. The predicted molar refractivity (Wildman–Crippen MR) is 57.2 cm³/mol. The number of hydrogen-bond acceptors (Lipinski definition) is 1. The first-order valence-electron chi connectivity index (χ1n) is 4.39. The van der Waals surface area contributed by atoms with Crippen molar-refractivity contribution in [2.45, 2.75) is 34.1 Å². The number of aliphatic imine (C=N–C) groups is 1. The molecule has 0 aliphatic heterocycles. The fourth-order valence-corrected chi connectivity index (χ4v) is 0.582. The smallest absolute Gasteiger partial charge is 0.120 e. The zero-order valence-electron chi connectivity index (χ0n) is 8.59. The van der Waals surface area contributed by atoms with Crippen LogP contribution in [0.3, 0.4) is 0 Å². The van der Waals surface area contributed by atoms with Crippen molar-refractivity contribution in [2.75, 3.05) is 0 Å². The molecule has 0 aromatic heterocycles. The van der Waals surface area contributed by atoms with Crippen molar-refractivity contribution in [3.8, 4) is 0 Å². The Hall–Kier alpha value is -0.920. The van der Waals surface area contributed by atoms with Gasteiger partial charge in [0, 0.05) is 12.6 Å². The number of hydrogen-bond donors (Lipinski definition) is 1. The molecular formula is C10H20N2. The summed E-state index contributed by atoms with van der Waals surface area (Å²) in [6, 6.07) is 0. The predicted octanol–water partition coefficient (Wildman–Crippen LogP) is 3.29. The molecule has 0 fully saturated rings. The monoisotopic (exact) mass is 168 g/mol. The molecule has 0 aliphatic rings. The third-order valence-electron chi connectivity index (χ3n) is 0.937. The molecule has 0 atom stereocenters. The molecular weight excluding hydrogens is 148 g/mol. The standard InChI is InChI=1S/C8H14N2.C2H6/c1-4-5-10-8(9)6-7(2)3;1-2/h4-5,7,9H,1,6H2,2-3H3;1-2H3. The molecule has 0 bridgehead atoms. The van der Waals surface area contributed by atoms with Crippen LogP contribution in [0.1, 0.15) is 34.1 Å². The van der Waals surface area contributed by atoms with Crippen LogP contribution in [0.15, 0.2) is 17.6 Å². The molecule has 0 spiro atoms. The largest absolute Gasteiger partial charge is 0.287 e. The van der Waals surface area contributed by atoms with E-state index in [1.165, 1.54) is 0 Å². The van der Waals surface area contributed by atoms with Gasteiger partial charge < -0.3 is 0 Å². The third kappa shape index (κ3) is 11.8. The van der Waals surface area contributed by atoms with Gasteiger partial charge in [-0.1, -0.05) is 40.3 Å². The fourth-order valence-electron chi connectivity index (χ4n) is 0.582. The van der Waals surface area contributed by atoms with Crippen molar-refractivity contribution < 1.29 is 0 Å². The van der Waals surface area contributed by atoms with Crippen molar-refractivity contribution in [1.29, 1.82) is 5.41 Å². The highest BCUT2D eigenvalue weighted by molar-refractivity contribution is 5.90. The summed E-state index contributed by atoms with van der Waals surface area (Å²) >= 11 is 0. The Kier molecular flexibility index (Phi) is 11.5. The molecule has 0 amide bonds. The Morgan fingerprint density at radius 3 is 2.33 bits per heavy atom. The first-order chi connectivity index (χ1) is 5.66. The summed E-state index contributed by atoms with van der Waals surface area (Å²) in [6.07, 6.45) is 3.86. The molecule has 0 saturated heterocycles. The van der Waals surface area contributed by atoms with E-state index in [9.17, 15) is 0 Å². The highest BCUT2D eigenvalue weighted by Gasteiger charge is 1.96. The average Bonchev–Trinajstić information content (AvgIpc) is 2.03. The van der Waals surface area contributed by atoms with Crippen molar-refractivity contribution >= 4 is 12.1 Å². The number of nitrogens with zero attached hydrogens (tertiary/aromatic N) is 1. The summed E-state index contributed by atoms with van der Waals surface area (Å²) in [5.41, 5.74) is 0. The van der Waals surface area contributed by atoms with Crippen molar-refractivity contribution in [3.63, 3.8) is 0 Å². The van der Waals surface area contributed by atoms with Gasteiger partial charge in [0.15, 0.2) is 0 Å². The van der Waals surface area contributed by atoms with Crippen molar-refractivity contribution in [2.24, 2.45) is 10.9 Å². The number of rotatable bonds is 3. The average molecular weight is 168 g/mol. The normalized spacial score (nSPS) is 9.42. The molecule has 0 rings (SSSR count). The van der Waals surface area contributed by atoms with Gasteiger partial charge in [-0.05, 0) is 5.92 Å². The van der Waals surface area contributed by atoms with Crippen LogP contribution >= 0.6 is 0 Å². The summed E-state index contributed by atoms with van der Waals surface area (Å²) in [5.74, 6) is 0.935. The van der Waals surface area contributed by atoms with Gasteiger partial charge in [-0.3, -0.25) is 5.41 Å². The molecule has 0 saturated carbocycles. The highest BCUT2D eigenvalue weighted by Crippen LogP contribution is 2.00. The van der Waals surface area contributed by atoms with E-state index in [0.29, 0.717) is 11.8 Å². The summed E-state index contributed by atoms with van der Waals surface area (Å²) in [5, 5.41) is 7.28. The summed E-state index contributed by atoms with van der Waals surface area (Å²) < 4.78 is 0. The van der Waals surface area contributed by atoms with Gasteiger partial charge >= 0.3 is 0 Å². The zero-order chi connectivity index (χ0) is 9.98. The topological polar surface area (TPSA) is 36.2 Å². The summed E-state index contributed by atoms with van der Waals surface area (Å²) in [7, 11) is 0. The number of amidine groups is 1. The lowest BCUT2D eigenvalue weighted by Crippen LogP contribution is -1.97. The zero-order valence-corrected chi connectivity index (χ0v) is 8.59. The van der Waals surface area contributed by atoms with E-state index in [4.69, 9.17) is 5.41 Å². The van der Waals surface area contributed by atoms with E-state index in [2.05, 4.69) is 25.4 Å². The van der Waals surface area contributed by atoms with Crippen LogP contribution in [0.2, 0.25) is 0 Å². The van der Waals surface area contributed by atoms with Gasteiger partial charge in [0.05, 0.1) is 0 Å². The van der Waals surface area contributed by atoms with E-state index >= 15 is 0 Å². The molecule has 0 radical (unpaired) electrons. The first kappa shape index (κ1) is 13.7. The Bertz CT molecular complexity index is 146. The maximum Gasteiger partial charge on any atom is 0.120 e. The molecule has 0 unspecified atom stereocenters. The van der Waals surface area contributed by atoms with Gasteiger partial charge in [-0.25, -0.2) is 4.99 Å². The maximum atomic E-state index is 7.28. The number of allylic oxidation sites excluding steroid dienone is 1. The molecule has 12 heavy (non-hydrogen) atoms. The second-order valence-electron chi connectivity index (χ2n) is 2.56. The minimum absolute atomic E-state index is 0.426. The van der Waals surface area contributed by atoms with Crippen LogP contribution in [-0.4, -0.2) is 12.1 Å². The molecule has 0 aliphatic carbocycles. The fraction of sp³-hybridized carbons (Fsp3) is 0.600. The van der Waals surface area contributed by atoms with Gasteiger partial charge in [-0.15, -0.1) is 0 Å². The van der Waals surface area contributed by atoms with Crippen LogP contribution in [0.5, 0.6) is 0 Å². The maximum absolute atomic E-state index is 7.28. The molecule has 0 heterocycles. The second kappa shape index (κ2) is 10.1. The minimum Gasteiger partial charge on any atom is -0.287 e. The Labute approximate surface area is 75.9 Å². The van der Waals surface area contributed by atoms with Gasteiger partial charge in [0.2, 0.25) is 0 Å². The van der Waals surface area contributed by atoms with Crippen molar-refractivity contribution in [1.82, 2.24) is 0 Å². The van der Waals surface area contributed by atoms with Gasteiger partial charge in [0.1, 0.15) is 5.84 Å². The third-order valence-corrected chi connectivity index (χ3v) is 0.937. The van der Waals surface area contributed by atoms with Crippen LogP contribution in [-0.2, 0) is 0 Å². The summed E-state index contributed by atoms with van der Waals surface area (Å²) in [4.78, 5) is 3.82. The van der Waals surface area contributed by atoms with E-state index in [0.717, 1.165) is 6.42 Å². The minimum atomic E-state index is 0.426. The lowest BCUT2D eigenvalue weighted by atomic mass is 10.1. The van der Waals surface area contributed by atoms with E-state index in [-0.39, 0.29) is 0 Å². The second-order valence-corrected chi connectivity index (χ2v) is 2.56. The SMILES string of the molecule is C=CC=NC(=N)CC(C)C.CC. The lowest BCUT2D eigenvalue weighted by molar-refractivity contribution is 0.679. The van der Waals surface area contributed by atoms with Crippen LogP contribution in [0, 0.1) is 11.3 Å².